The number of carbonyl (C=O) groups is 2. The van der Waals surface area contributed by atoms with Gasteiger partial charge in [-0.1, -0.05) is 54.6 Å². The first-order valence-electron chi connectivity index (χ1n) is 10.8. The van der Waals surface area contributed by atoms with Gasteiger partial charge < -0.3 is 0 Å². The third-order valence-corrected chi connectivity index (χ3v) is 7.47. The maximum absolute atomic E-state index is 12.6. The average molecular weight is 464 g/mol. The van der Waals surface area contributed by atoms with Crippen molar-refractivity contribution in [1.29, 1.82) is 0 Å². The van der Waals surface area contributed by atoms with E-state index in [9.17, 15) is 18.0 Å². The number of hydrazine groups is 1. The van der Waals surface area contributed by atoms with Crippen LogP contribution < -0.4 is 10.9 Å². The first-order chi connectivity index (χ1) is 15.9. The fourth-order valence-corrected chi connectivity index (χ4v) is 5.25. The topological polar surface area (TPSA) is 95.6 Å². The van der Waals surface area contributed by atoms with Gasteiger partial charge in [-0.15, -0.1) is 0 Å². The van der Waals surface area contributed by atoms with E-state index in [4.69, 9.17) is 0 Å². The second-order valence-electron chi connectivity index (χ2n) is 7.88. The number of rotatable bonds is 6. The van der Waals surface area contributed by atoms with Crippen molar-refractivity contribution in [2.75, 3.05) is 13.1 Å². The summed E-state index contributed by atoms with van der Waals surface area (Å²) in [5.41, 5.74) is 8.00. The summed E-state index contributed by atoms with van der Waals surface area (Å²) in [6, 6.07) is 23.3. The second kappa shape index (κ2) is 9.97. The molecule has 0 aromatic heterocycles. The van der Waals surface area contributed by atoms with Gasteiger partial charge in [0.05, 0.1) is 11.3 Å². The number of nitrogens with one attached hydrogen (secondary N) is 2. The van der Waals surface area contributed by atoms with E-state index in [0.717, 1.165) is 29.5 Å². The Bertz CT molecular complexity index is 1220. The SMILES string of the molecule is O=C(Cc1ccc(-c2ccccc2)cc1)NNC(=O)c1ccc(S(=O)(=O)N2CCCC2)cc1. The molecule has 3 aromatic rings. The minimum atomic E-state index is -3.53. The van der Waals surface area contributed by atoms with Crippen molar-refractivity contribution in [3.05, 3.63) is 90.0 Å². The monoisotopic (exact) mass is 463 g/mol. The van der Waals surface area contributed by atoms with Crippen LogP contribution in [0.1, 0.15) is 28.8 Å². The molecule has 170 valence electrons. The highest BCUT2D eigenvalue weighted by molar-refractivity contribution is 7.89. The normalized spacial score (nSPS) is 14.1. The summed E-state index contributed by atoms with van der Waals surface area (Å²) in [5, 5.41) is 0. The van der Waals surface area contributed by atoms with Crippen LogP contribution in [0.5, 0.6) is 0 Å². The molecule has 7 nitrogen and oxygen atoms in total. The van der Waals surface area contributed by atoms with Gasteiger partial charge in [-0.25, -0.2) is 8.42 Å². The van der Waals surface area contributed by atoms with E-state index in [0.29, 0.717) is 13.1 Å². The van der Waals surface area contributed by atoms with Crippen molar-refractivity contribution >= 4 is 21.8 Å². The molecule has 1 heterocycles. The zero-order valence-electron chi connectivity index (χ0n) is 18.0. The fourth-order valence-electron chi connectivity index (χ4n) is 3.73. The Morgan fingerprint density at radius 1 is 0.758 bits per heavy atom. The molecule has 1 saturated heterocycles. The van der Waals surface area contributed by atoms with Gasteiger partial charge in [-0.3, -0.25) is 20.4 Å². The zero-order chi connectivity index (χ0) is 23.3. The Morgan fingerprint density at radius 2 is 1.36 bits per heavy atom. The van der Waals surface area contributed by atoms with E-state index in [2.05, 4.69) is 10.9 Å². The molecule has 33 heavy (non-hydrogen) atoms. The lowest BCUT2D eigenvalue weighted by molar-refractivity contribution is -0.121. The Morgan fingerprint density at radius 3 is 2.00 bits per heavy atom. The molecule has 2 amide bonds. The highest BCUT2D eigenvalue weighted by atomic mass is 32.2. The van der Waals surface area contributed by atoms with Crippen molar-refractivity contribution < 1.29 is 18.0 Å². The van der Waals surface area contributed by atoms with Gasteiger partial charge in [0.25, 0.3) is 5.91 Å². The van der Waals surface area contributed by atoms with Crippen molar-refractivity contribution in [3.8, 4) is 11.1 Å². The first kappa shape index (κ1) is 22.7. The molecule has 1 aliphatic heterocycles. The summed E-state index contributed by atoms with van der Waals surface area (Å²) in [4.78, 5) is 24.7. The number of amides is 2. The van der Waals surface area contributed by atoms with Crippen LogP contribution in [0.4, 0.5) is 0 Å². The van der Waals surface area contributed by atoms with Crippen molar-refractivity contribution in [2.24, 2.45) is 0 Å². The second-order valence-corrected chi connectivity index (χ2v) is 9.82. The molecule has 4 rings (SSSR count). The molecule has 0 aliphatic carbocycles. The predicted molar refractivity (Wildman–Crippen MR) is 126 cm³/mol. The molecule has 2 N–H and O–H groups in total. The summed E-state index contributed by atoms with van der Waals surface area (Å²) in [5.74, 6) is -0.878. The maximum Gasteiger partial charge on any atom is 0.269 e. The average Bonchev–Trinajstić information content (AvgIpc) is 3.40. The molecular formula is C25H25N3O4S. The summed E-state index contributed by atoms with van der Waals surface area (Å²) >= 11 is 0. The Labute approximate surface area is 193 Å². The van der Waals surface area contributed by atoms with E-state index in [1.165, 1.54) is 28.6 Å². The van der Waals surface area contributed by atoms with Crippen LogP contribution in [0.25, 0.3) is 11.1 Å². The molecular weight excluding hydrogens is 438 g/mol. The van der Waals surface area contributed by atoms with Crippen LogP contribution in [-0.2, 0) is 21.2 Å². The number of benzene rings is 3. The first-order valence-corrected chi connectivity index (χ1v) is 12.2. The van der Waals surface area contributed by atoms with E-state index >= 15 is 0 Å². The third kappa shape index (κ3) is 5.47. The minimum Gasteiger partial charge on any atom is -0.273 e. The number of sulfonamides is 1. The summed E-state index contributed by atoms with van der Waals surface area (Å²) in [6.45, 7) is 1.04. The fraction of sp³-hybridized carbons (Fsp3) is 0.200. The molecule has 3 aromatic carbocycles. The van der Waals surface area contributed by atoms with Gasteiger partial charge in [0.15, 0.2) is 0 Å². The smallest absolute Gasteiger partial charge is 0.269 e. The largest absolute Gasteiger partial charge is 0.273 e. The third-order valence-electron chi connectivity index (χ3n) is 5.56. The molecule has 0 atom stereocenters. The van der Waals surface area contributed by atoms with Gasteiger partial charge >= 0.3 is 0 Å². The van der Waals surface area contributed by atoms with Crippen LogP contribution in [-0.4, -0.2) is 37.6 Å². The Kier molecular flexibility index (Phi) is 6.86. The maximum atomic E-state index is 12.6. The molecule has 0 bridgehead atoms. The number of nitrogens with zero attached hydrogens (tertiary/aromatic N) is 1. The van der Waals surface area contributed by atoms with Gasteiger partial charge in [-0.2, -0.15) is 4.31 Å². The standard InChI is InChI=1S/C25H25N3O4S/c29-24(18-19-8-10-21(11-9-19)20-6-2-1-3-7-20)26-27-25(30)22-12-14-23(15-13-22)33(31,32)28-16-4-5-17-28/h1-3,6-15H,4-5,16-18H2,(H,26,29)(H,27,30). The molecule has 8 heteroatoms. The van der Waals surface area contributed by atoms with E-state index in [1.54, 1.807) is 0 Å². The van der Waals surface area contributed by atoms with Crippen molar-refractivity contribution in [3.63, 3.8) is 0 Å². The molecule has 1 aliphatic rings. The van der Waals surface area contributed by atoms with E-state index in [1.807, 2.05) is 54.6 Å². The van der Waals surface area contributed by atoms with E-state index in [-0.39, 0.29) is 22.8 Å². The number of hydrogen-bond acceptors (Lipinski definition) is 4. The molecule has 0 spiro atoms. The zero-order valence-corrected chi connectivity index (χ0v) is 18.8. The van der Waals surface area contributed by atoms with Gasteiger partial charge in [0.1, 0.15) is 0 Å². The lowest BCUT2D eigenvalue weighted by Gasteiger charge is -2.15. The summed E-state index contributed by atoms with van der Waals surface area (Å²) in [7, 11) is -3.53. The van der Waals surface area contributed by atoms with Crippen LogP contribution in [0.3, 0.4) is 0 Å². The van der Waals surface area contributed by atoms with Crippen LogP contribution in [0.2, 0.25) is 0 Å². The lowest BCUT2D eigenvalue weighted by Crippen LogP contribution is -2.42. The number of carbonyl (C=O) groups excluding carboxylic acids is 2. The highest BCUT2D eigenvalue weighted by Gasteiger charge is 2.27. The highest BCUT2D eigenvalue weighted by Crippen LogP contribution is 2.21. The van der Waals surface area contributed by atoms with Crippen molar-refractivity contribution in [1.82, 2.24) is 15.2 Å². The van der Waals surface area contributed by atoms with Gasteiger partial charge in [0, 0.05) is 18.7 Å². The van der Waals surface area contributed by atoms with Crippen LogP contribution in [0, 0.1) is 0 Å². The predicted octanol–water partition coefficient (Wildman–Crippen LogP) is 3.14. The quantitative estimate of drug-likeness (QED) is 0.549. The molecule has 0 unspecified atom stereocenters. The Hall–Kier alpha value is -3.49. The lowest BCUT2D eigenvalue weighted by atomic mass is 10.0. The van der Waals surface area contributed by atoms with Gasteiger partial charge in [0.2, 0.25) is 15.9 Å². The van der Waals surface area contributed by atoms with E-state index < -0.39 is 15.9 Å². The molecule has 0 radical (unpaired) electrons. The molecule has 0 saturated carbocycles. The van der Waals surface area contributed by atoms with Crippen LogP contribution in [0.15, 0.2) is 83.8 Å². The summed E-state index contributed by atoms with van der Waals surface area (Å²) < 4.78 is 26.6. The summed E-state index contributed by atoms with van der Waals surface area (Å²) in [6.07, 6.45) is 1.83. The Balaban J connectivity index is 1.30. The minimum absolute atomic E-state index is 0.113. The van der Waals surface area contributed by atoms with Crippen molar-refractivity contribution in [2.45, 2.75) is 24.2 Å². The van der Waals surface area contributed by atoms with Gasteiger partial charge in [-0.05, 0) is 53.8 Å². The molecule has 1 fully saturated rings. The number of hydrogen-bond donors (Lipinski definition) is 2. The van der Waals surface area contributed by atoms with Crippen LogP contribution >= 0.6 is 0 Å².